The molecule has 0 radical (unpaired) electrons. The minimum Gasteiger partial charge on any atom is -0.489 e. The van der Waals surface area contributed by atoms with Crippen molar-refractivity contribution >= 4 is 11.6 Å². The number of aryl methyl sites for hydroxylation is 2. The van der Waals surface area contributed by atoms with Gasteiger partial charge in [0.05, 0.1) is 16.3 Å². The fourth-order valence-electron chi connectivity index (χ4n) is 2.00. The minimum absolute atomic E-state index is 0.126. The highest BCUT2D eigenvalue weighted by Crippen LogP contribution is 2.31. The number of hydrogen-bond donors (Lipinski definition) is 1. The molecule has 0 unspecified atom stereocenters. The average Bonchev–Trinajstić information content (AvgIpc) is 2.39. The van der Waals surface area contributed by atoms with E-state index >= 15 is 0 Å². The maximum absolute atomic E-state index is 12.1. The lowest BCUT2D eigenvalue weighted by Gasteiger charge is -2.20. The van der Waals surface area contributed by atoms with E-state index < -0.39 is 5.60 Å². The van der Waals surface area contributed by atoms with Crippen molar-refractivity contribution in [3.63, 3.8) is 0 Å². The summed E-state index contributed by atoms with van der Waals surface area (Å²) in [5.74, 6) is 0.506. The van der Waals surface area contributed by atoms with Crippen molar-refractivity contribution in [3.8, 4) is 11.4 Å². The van der Waals surface area contributed by atoms with Crippen molar-refractivity contribution in [1.29, 1.82) is 0 Å². The Kier molecular flexibility index (Phi) is 4.58. The maximum Gasteiger partial charge on any atom is 0.276 e. The van der Waals surface area contributed by atoms with E-state index in [0.717, 1.165) is 5.56 Å². The van der Waals surface area contributed by atoms with Gasteiger partial charge in [-0.15, -0.1) is 0 Å². The molecule has 0 spiro atoms. The van der Waals surface area contributed by atoms with Crippen molar-refractivity contribution in [2.75, 3.05) is 6.61 Å². The van der Waals surface area contributed by atoms with Crippen LogP contribution in [0.4, 0.5) is 0 Å². The van der Waals surface area contributed by atoms with Crippen molar-refractivity contribution in [2.24, 2.45) is 0 Å². The molecule has 0 atom stereocenters. The number of benzene rings is 1. The molecule has 0 saturated carbocycles. The summed E-state index contributed by atoms with van der Waals surface area (Å²) in [5, 5.41) is 10.1. The first-order valence-corrected chi connectivity index (χ1v) is 7.27. The fourth-order valence-corrected chi connectivity index (χ4v) is 2.31. The van der Waals surface area contributed by atoms with E-state index in [-0.39, 0.29) is 12.2 Å². The number of halogens is 1. The van der Waals surface area contributed by atoms with E-state index in [1.165, 1.54) is 4.57 Å². The topological polar surface area (TPSA) is 64.4 Å². The molecular weight excluding hydrogens is 304 g/mol. The summed E-state index contributed by atoms with van der Waals surface area (Å²) >= 11 is 6.27. The third-order valence-electron chi connectivity index (χ3n) is 3.07. The molecule has 5 nitrogen and oxygen atoms in total. The van der Waals surface area contributed by atoms with Crippen LogP contribution in [0.3, 0.4) is 0 Å². The number of aliphatic hydroxyl groups is 1. The van der Waals surface area contributed by atoms with Crippen LogP contribution in [0, 0.1) is 13.8 Å². The van der Waals surface area contributed by atoms with Crippen LogP contribution in [0.2, 0.25) is 5.02 Å². The predicted molar refractivity (Wildman–Crippen MR) is 86.1 cm³/mol. The highest BCUT2D eigenvalue weighted by atomic mass is 35.5. The lowest BCUT2D eigenvalue weighted by molar-refractivity contribution is 0.0283. The number of hydrogen-bond acceptors (Lipinski definition) is 4. The van der Waals surface area contributed by atoms with Gasteiger partial charge in [-0.05, 0) is 45.4 Å². The molecule has 0 aliphatic carbocycles. The molecule has 0 amide bonds. The number of nitrogens with zero attached hydrogens (tertiary/aromatic N) is 2. The Morgan fingerprint density at radius 1 is 1.36 bits per heavy atom. The first kappa shape index (κ1) is 16.5. The summed E-state index contributed by atoms with van der Waals surface area (Å²) in [5.41, 5.74) is 0.705. The third-order valence-corrected chi connectivity index (χ3v) is 3.35. The second-order valence-corrected chi connectivity index (χ2v) is 6.27. The monoisotopic (exact) mass is 322 g/mol. The largest absolute Gasteiger partial charge is 0.489 e. The molecule has 0 saturated heterocycles. The zero-order valence-electron chi connectivity index (χ0n) is 13.1. The third kappa shape index (κ3) is 3.67. The Balaban J connectivity index is 2.42. The molecule has 1 heterocycles. The van der Waals surface area contributed by atoms with E-state index in [4.69, 9.17) is 16.3 Å². The number of ether oxygens (including phenoxy) is 1. The van der Waals surface area contributed by atoms with Gasteiger partial charge in [-0.1, -0.05) is 11.6 Å². The zero-order chi connectivity index (χ0) is 16.5. The Labute approximate surface area is 134 Å². The van der Waals surface area contributed by atoms with Crippen LogP contribution in [0.1, 0.15) is 25.1 Å². The van der Waals surface area contributed by atoms with Gasteiger partial charge in [0.15, 0.2) is 0 Å². The number of rotatable bonds is 4. The Morgan fingerprint density at radius 2 is 2.05 bits per heavy atom. The van der Waals surface area contributed by atoms with Gasteiger partial charge >= 0.3 is 0 Å². The summed E-state index contributed by atoms with van der Waals surface area (Å²) in [4.78, 5) is 16.1. The molecule has 1 aromatic heterocycles. The summed E-state index contributed by atoms with van der Waals surface area (Å²) in [7, 11) is 0. The zero-order valence-corrected chi connectivity index (χ0v) is 13.8. The van der Waals surface area contributed by atoms with Crippen molar-refractivity contribution in [3.05, 3.63) is 51.2 Å². The van der Waals surface area contributed by atoms with Crippen LogP contribution in [0.15, 0.2) is 29.3 Å². The molecule has 0 bridgehead atoms. The standard InChI is InChI=1S/C16H19ClN2O3/c1-10-7-12(19-6-5-18-11(2)15(19)20)8-13(17)14(10)22-9-16(3,4)21/h5-8,21H,9H2,1-4H3. The highest BCUT2D eigenvalue weighted by molar-refractivity contribution is 6.32. The molecule has 1 N–H and O–H groups in total. The fraction of sp³-hybridized carbons (Fsp3) is 0.375. The first-order valence-electron chi connectivity index (χ1n) is 6.89. The molecule has 1 aromatic carbocycles. The van der Waals surface area contributed by atoms with Gasteiger partial charge in [0, 0.05) is 12.4 Å². The summed E-state index contributed by atoms with van der Waals surface area (Å²) < 4.78 is 7.08. The lowest BCUT2D eigenvalue weighted by atomic mass is 10.1. The highest BCUT2D eigenvalue weighted by Gasteiger charge is 2.17. The van der Waals surface area contributed by atoms with E-state index in [1.807, 2.05) is 13.0 Å². The van der Waals surface area contributed by atoms with E-state index in [9.17, 15) is 9.90 Å². The minimum atomic E-state index is -0.951. The van der Waals surface area contributed by atoms with E-state index in [2.05, 4.69) is 4.98 Å². The summed E-state index contributed by atoms with van der Waals surface area (Å²) in [6.45, 7) is 6.94. The Morgan fingerprint density at radius 3 is 2.64 bits per heavy atom. The van der Waals surface area contributed by atoms with Crippen LogP contribution in [0.5, 0.6) is 5.75 Å². The van der Waals surface area contributed by atoms with Gasteiger partial charge in [0.25, 0.3) is 5.56 Å². The van der Waals surface area contributed by atoms with Crippen molar-refractivity contribution in [1.82, 2.24) is 9.55 Å². The first-order chi connectivity index (χ1) is 10.2. The SMILES string of the molecule is Cc1cc(-n2ccnc(C)c2=O)cc(Cl)c1OCC(C)(C)O. The van der Waals surface area contributed by atoms with Gasteiger partial charge in [-0.25, -0.2) is 0 Å². The van der Waals surface area contributed by atoms with Gasteiger partial charge in [0.2, 0.25) is 0 Å². The normalized spacial score (nSPS) is 11.5. The van der Waals surface area contributed by atoms with Crippen molar-refractivity contribution in [2.45, 2.75) is 33.3 Å². The van der Waals surface area contributed by atoms with Crippen molar-refractivity contribution < 1.29 is 9.84 Å². The Bertz CT molecular complexity index is 725. The van der Waals surface area contributed by atoms with E-state index in [1.54, 1.807) is 39.2 Å². The second kappa shape index (κ2) is 6.10. The van der Waals surface area contributed by atoms with Crippen LogP contribution in [-0.4, -0.2) is 26.9 Å². The molecule has 2 rings (SSSR count). The molecule has 22 heavy (non-hydrogen) atoms. The van der Waals surface area contributed by atoms with Crippen LogP contribution in [-0.2, 0) is 0 Å². The summed E-state index contributed by atoms with van der Waals surface area (Å²) in [6, 6.07) is 3.47. The molecule has 0 fully saturated rings. The average molecular weight is 323 g/mol. The predicted octanol–water partition coefficient (Wildman–Crippen LogP) is 2.65. The van der Waals surface area contributed by atoms with Gasteiger partial charge < -0.3 is 9.84 Å². The molecule has 0 aliphatic rings. The Hall–Kier alpha value is -1.85. The second-order valence-electron chi connectivity index (χ2n) is 5.86. The van der Waals surface area contributed by atoms with Gasteiger partial charge in [-0.2, -0.15) is 0 Å². The van der Waals surface area contributed by atoms with Gasteiger partial charge in [0.1, 0.15) is 18.1 Å². The quantitative estimate of drug-likeness (QED) is 0.940. The van der Waals surface area contributed by atoms with E-state index in [0.29, 0.717) is 22.2 Å². The lowest BCUT2D eigenvalue weighted by Crippen LogP contribution is -2.28. The molecule has 0 aliphatic heterocycles. The van der Waals surface area contributed by atoms with Crippen LogP contribution in [0.25, 0.3) is 5.69 Å². The van der Waals surface area contributed by atoms with Gasteiger partial charge in [-0.3, -0.25) is 14.3 Å². The molecule has 6 heteroatoms. The smallest absolute Gasteiger partial charge is 0.276 e. The molecule has 2 aromatic rings. The number of aromatic nitrogens is 2. The molecular formula is C16H19ClN2O3. The van der Waals surface area contributed by atoms with Crippen LogP contribution < -0.4 is 10.3 Å². The maximum atomic E-state index is 12.1. The van der Waals surface area contributed by atoms with Crippen LogP contribution >= 0.6 is 11.6 Å². The molecule has 118 valence electrons. The summed E-state index contributed by atoms with van der Waals surface area (Å²) in [6.07, 6.45) is 3.16.